The molecule has 1 aromatic heterocycles. The summed E-state index contributed by atoms with van der Waals surface area (Å²) in [6.45, 7) is 0.966. The number of aliphatic hydroxyl groups excluding tert-OH is 1. The number of hydrogen-bond donors (Lipinski definition) is 3. The highest BCUT2D eigenvalue weighted by Crippen LogP contribution is 2.08. The number of nitrogens with one attached hydrogen (secondary N) is 1. The summed E-state index contributed by atoms with van der Waals surface area (Å²) in [5.41, 5.74) is 5.98. The number of nitrogens with two attached hydrogens (primary N) is 1. The van der Waals surface area contributed by atoms with Crippen LogP contribution in [0.25, 0.3) is 0 Å². The molecule has 0 unspecified atom stereocenters. The highest BCUT2D eigenvalue weighted by atomic mass is 16.5. The van der Waals surface area contributed by atoms with Gasteiger partial charge in [-0.2, -0.15) is 5.10 Å². The quantitative estimate of drug-likeness (QED) is 0.527. The molecule has 90 valence electrons. The molecule has 0 aliphatic rings. The number of rotatable bonds is 6. The summed E-state index contributed by atoms with van der Waals surface area (Å²) in [6, 6.07) is 0. The smallest absolute Gasteiger partial charge is 0.256 e. The molecule has 0 fully saturated rings. The van der Waals surface area contributed by atoms with Gasteiger partial charge < -0.3 is 20.9 Å². The fourth-order valence-electron chi connectivity index (χ4n) is 1.12. The first-order chi connectivity index (χ1) is 7.66. The summed E-state index contributed by atoms with van der Waals surface area (Å²) in [5.74, 6) is 0.0481. The third-order valence-electron chi connectivity index (χ3n) is 2.00. The lowest BCUT2D eigenvalue weighted by Crippen LogP contribution is -2.28. The van der Waals surface area contributed by atoms with Crippen LogP contribution < -0.4 is 11.1 Å². The van der Waals surface area contributed by atoms with Crippen molar-refractivity contribution in [2.24, 2.45) is 7.05 Å². The number of amides is 1. The minimum absolute atomic E-state index is 0.0243. The molecule has 1 heterocycles. The third-order valence-corrected chi connectivity index (χ3v) is 2.00. The van der Waals surface area contributed by atoms with Crippen LogP contribution in [0.3, 0.4) is 0 Å². The maximum atomic E-state index is 11.6. The van der Waals surface area contributed by atoms with Crippen molar-refractivity contribution >= 4 is 11.7 Å². The molecule has 7 nitrogen and oxygen atoms in total. The van der Waals surface area contributed by atoms with Gasteiger partial charge in [0.05, 0.1) is 26.0 Å². The van der Waals surface area contributed by atoms with Crippen LogP contribution in [0.5, 0.6) is 0 Å². The van der Waals surface area contributed by atoms with Crippen molar-refractivity contribution in [3.8, 4) is 0 Å². The van der Waals surface area contributed by atoms with Crippen molar-refractivity contribution in [2.45, 2.75) is 0 Å². The lowest BCUT2D eigenvalue weighted by atomic mass is 10.3. The van der Waals surface area contributed by atoms with Crippen LogP contribution in [0.2, 0.25) is 0 Å². The largest absolute Gasteiger partial charge is 0.394 e. The molecule has 16 heavy (non-hydrogen) atoms. The molecule has 0 saturated heterocycles. The predicted molar refractivity (Wildman–Crippen MR) is 57.9 cm³/mol. The molecular formula is C9H16N4O3. The number of hydrogen-bond acceptors (Lipinski definition) is 5. The lowest BCUT2D eigenvalue weighted by Gasteiger charge is -2.04. The highest BCUT2D eigenvalue weighted by Gasteiger charge is 2.12. The maximum Gasteiger partial charge on any atom is 0.256 e. The van der Waals surface area contributed by atoms with E-state index < -0.39 is 0 Å². The standard InChI is InChI=1S/C9H16N4O3/c1-13-8(10)7(6-12-13)9(15)11-2-4-16-5-3-14/h6,14H,2-5,10H2,1H3,(H,11,15). The van der Waals surface area contributed by atoms with Gasteiger partial charge in [-0.25, -0.2) is 0 Å². The van der Waals surface area contributed by atoms with Crippen molar-refractivity contribution in [3.63, 3.8) is 0 Å². The number of aryl methyl sites for hydroxylation is 1. The van der Waals surface area contributed by atoms with Gasteiger partial charge in [0.1, 0.15) is 11.4 Å². The van der Waals surface area contributed by atoms with Crippen LogP contribution in [0.1, 0.15) is 10.4 Å². The molecule has 0 aromatic carbocycles. The fraction of sp³-hybridized carbons (Fsp3) is 0.556. The molecule has 0 aliphatic carbocycles. The van der Waals surface area contributed by atoms with Crippen LogP contribution in [-0.4, -0.2) is 47.2 Å². The van der Waals surface area contributed by atoms with Gasteiger partial charge in [0, 0.05) is 13.6 Å². The topological polar surface area (TPSA) is 102 Å². The molecule has 0 aliphatic heterocycles. The molecule has 0 bridgehead atoms. The Morgan fingerprint density at radius 2 is 2.44 bits per heavy atom. The summed E-state index contributed by atoms with van der Waals surface area (Å²) in [6.07, 6.45) is 1.42. The van der Waals surface area contributed by atoms with Crippen LogP contribution in [0.15, 0.2) is 6.20 Å². The van der Waals surface area contributed by atoms with Gasteiger partial charge in [0.25, 0.3) is 5.91 Å². The van der Waals surface area contributed by atoms with E-state index in [1.165, 1.54) is 10.9 Å². The monoisotopic (exact) mass is 228 g/mol. The van der Waals surface area contributed by atoms with E-state index in [0.717, 1.165) is 0 Å². The summed E-state index contributed by atoms with van der Waals surface area (Å²) in [7, 11) is 1.66. The number of carbonyl (C=O) groups excluding carboxylic acids is 1. The Morgan fingerprint density at radius 1 is 1.69 bits per heavy atom. The molecule has 1 rings (SSSR count). The first kappa shape index (κ1) is 12.5. The van der Waals surface area contributed by atoms with Crippen LogP contribution in [-0.2, 0) is 11.8 Å². The van der Waals surface area contributed by atoms with Crippen LogP contribution in [0, 0.1) is 0 Å². The summed E-state index contributed by atoms with van der Waals surface area (Å²) >= 11 is 0. The van der Waals surface area contributed by atoms with E-state index >= 15 is 0 Å². The Labute approximate surface area is 93.2 Å². The first-order valence-electron chi connectivity index (χ1n) is 4.91. The number of nitrogen functional groups attached to an aromatic ring is 1. The van der Waals surface area contributed by atoms with Gasteiger partial charge in [-0.15, -0.1) is 0 Å². The fourth-order valence-corrected chi connectivity index (χ4v) is 1.12. The predicted octanol–water partition coefficient (Wildman–Crippen LogP) is -1.26. The number of ether oxygens (including phenoxy) is 1. The summed E-state index contributed by atoms with van der Waals surface area (Å²) in [4.78, 5) is 11.6. The van der Waals surface area contributed by atoms with Crippen molar-refractivity contribution in [3.05, 3.63) is 11.8 Å². The first-order valence-corrected chi connectivity index (χ1v) is 4.91. The SMILES string of the molecule is Cn1ncc(C(=O)NCCOCCO)c1N. The lowest BCUT2D eigenvalue weighted by molar-refractivity contribution is 0.0838. The molecule has 0 spiro atoms. The summed E-state index contributed by atoms with van der Waals surface area (Å²) in [5, 5.41) is 14.9. The van der Waals surface area contributed by atoms with Gasteiger partial charge in [0.15, 0.2) is 0 Å². The van der Waals surface area contributed by atoms with Crippen molar-refractivity contribution in [1.29, 1.82) is 0 Å². The van der Waals surface area contributed by atoms with E-state index in [-0.39, 0.29) is 19.1 Å². The molecular weight excluding hydrogens is 212 g/mol. The molecule has 1 aromatic rings. The van der Waals surface area contributed by atoms with Gasteiger partial charge in [-0.05, 0) is 0 Å². The number of nitrogens with zero attached hydrogens (tertiary/aromatic N) is 2. The van der Waals surface area contributed by atoms with Crippen molar-refractivity contribution in [2.75, 3.05) is 32.1 Å². The molecule has 0 radical (unpaired) electrons. The Morgan fingerprint density at radius 3 is 3.00 bits per heavy atom. The number of anilines is 1. The van der Waals surface area contributed by atoms with Gasteiger partial charge in [0.2, 0.25) is 0 Å². The Balaban J connectivity index is 2.33. The molecule has 7 heteroatoms. The number of aromatic nitrogens is 2. The van der Waals surface area contributed by atoms with Gasteiger partial charge in [-0.1, -0.05) is 0 Å². The van der Waals surface area contributed by atoms with Gasteiger partial charge >= 0.3 is 0 Å². The van der Waals surface area contributed by atoms with E-state index in [0.29, 0.717) is 24.5 Å². The molecule has 4 N–H and O–H groups in total. The third kappa shape index (κ3) is 3.21. The van der Waals surface area contributed by atoms with Gasteiger partial charge in [-0.3, -0.25) is 9.48 Å². The molecule has 0 atom stereocenters. The highest BCUT2D eigenvalue weighted by molar-refractivity contribution is 5.98. The molecule has 0 saturated carbocycles. The number of carbonyl (C=O) groups is 1. The van der Waals surface area contributed by atoms with Crippen LogP contribution >= 0.6 is 0 Å². The Kier molecular flexibility index (Phi) is 4.74. The Bertz CT molecular complexity index is 351. The second-order valence-corrected chi connectivity index (χ2v) is 3.16. The normalized spacial score (nSPS) is 10.4. The van der Waals surface area contributed by atoms with E-state index in [1.807, 2.05) is 0 Å². The van der Waals surface area contributed by atoms with Crippen molar-refractivity contribution in [1.82, 2.24) is 15.1 Å². The number of aliphatic hydroxyl groups is 1. The zero-order chi connectivity index (χ0) is 12.0. The zero-order valence-corrected chi connectivity index (χ0v) is 9.14. The minimum Gasteiger partial charge on any atom is -0.394 e. The maximum absolute atomic E-state index is 11.6. The Hall–Kier alpha value is -1.60. The minimum atomic E-state index is -0.279. The van der Waals surface area contributed by atoms with E-state index in [2.05, 4.69) is 10.4 Å². The second kappa shape index (κ2) is 6.09. The van der Waals surface area contributed by atoms with Crippen LogP contribution in [0.4, 0.5) is 5.82 Å². The van der Waals surface area contributed by atoms with E-state index in [4.69, 9.17) is 15.6 Å². The second-order valence-electron chi connectivity index (χ2n) is 3.16. The summed E-state index contributed by atoms with van der Waals surface area (Å²) < 4.78 is 6.42. The van der Waals surface area contributed by atoms with Crippen molar-refractivity contribution < 1.29 is 14.6 Å². The molecule has 1 amide bonds. The average Bonchev–Trinajstić information content (AvgIpc) is 2.59. The van der Waals surface area contributed by atoms with E-state index in [1.54, 1.807) is 7.05 Å². The van der Waals surface area contributed by atoms with E-state index in [9.17, 15) is 4.79 Å². The zero-order valence-electron chi connectivity index (χ0n) is 9.14. The average molecular weight is 228 g/mol.